The predicted octanol–water partition coefficient (Wildman–Crippen LogP) is 1.86. The van der Waals surface area contributed by atoms with E-state index < -0.39 is 0 Å². The number of benzene rings is 1. The number of halogens is 1. The molecule has 0 saturated carbocycles. The topological polar surface area (TPSA) is 64.3 Å². The molecule has 0 aliphatic heterocycles. The van der Waals surface area contributed by atoms with Gasteiger partial charge in [0.25, 0.3) is 0 Å². The minimum Gasteiger partial charge on any atom is -0.496 e. The normalized spacial score (nSPS) is 10.2. The fourth-order valence-corrected chi connectivity index (χ4v) is 2.04. The van der Waals surface area contributed by atoms with Crippen molar-refractivity contribution in [3.05, 3.63) is 28.2 Å². The maximum atomic E-state index is 11.4. The first-order valence-corrected chi connectivity index (χ1v) is 6.76. The van der Waals surface area contributed by atoms with Crippen molar-refractivity contribution in [3.63, 3.8) is 0 Å². The summed E-state index contributed by atoms with van der Waals surface area (Å²) in [6.45, 7) is 1.16. The van der Waals surface area contributed by atoms with Gasteiger partial charge in [-0.25, -0.2) is 0 Å². The fraction of sp³-hybridized carbons (Fsp3) is 0.462. The number of methoxy groups -OCH3 is 1. The van der Waals surface area contributed by atoms with Gasteiger partial charge in [-0.2, -0.15) is 0 Å². The molecule has 1 aromatic carbocycles. The number of ether oxygens (including phenoxy) is 1. The second kappa shape index (κ2) is 8.11. The Labute approximate surface area is 116 Å². The first-order valence-electron chi connectivity index (χ1n) is 5.96. The van der Waals surface area contributed by atoms with Gasteiger partial charge in [0.1, 0.15) is 5.75 Å². The molecule has 1 amide bonds. The number of hydrogen-bond donors (Lipinski definition) is 2. The number of carbonyl (C=O) groups excluding carboxylic acids is 1. The molecular formula is C13H19BrN2O2. The first-order chi connectivity index (χ1) is 8.67. The Morgan fingerprint density at radius 1 is 1.50 bits per heavy atom. The van der Waals surface area contributed by atoms with Gasteiger partial charge in [-0.3, -0.25) is 4.79 Å². The van der Waals surface area contributed by atoms with Crippen molar-refractivity contribution < 1.29 is 9.53 Å². The van der Waals surface area contributed by atoms with Crippen LogP contribution in [0.15, 0.2) is 22.7 Å². The van der Waals surface area contributed by atoms with Gasteiger partial charge >= 0.3 is 0 Å². The van der Waals surface area contributed by atoms with Gasteiger partial charge in [-0.15, -0.1) is 0 Å². The highest BCUT2D eigenvalue weighted by molar-refractivity contribution is 9.10. The summed E-state index contributed by atoms with van der Waals surface area (Å²) in [5.41, 5.74) is 6.42. The Balaban J connectivity index is 2.43. The van der Waals surface area contributed by atoms with Gasteiger partial charge in [0.15, 0.2) is 0 Å². The van der Waals surface area contributed by atoms with E-state index in [-0.39, 0.29) is 5.91 Å². The summed E-state index contributed by atoms with van der Waals surface area (Å²) in [6, 6.07) is 5.85. The molecule has 5 heteroatoms. The first kappa shape index (κ1) is 15.0. The van der Waals surface area contributed by atoms with Crippen LogP contribution in [0.25, 0.3) is 0 Å². The Morgan fingerprint density at radius 2 is 2.28 bits per heavy atom. The quantitative estimate of drug-likeness (QED) is 0.807. The summed E-state index contributed by atoms with van der Waals surface area (Å²) < 4.78 is 6.28. The SMILES string of the molecule is COc1ccc(Br)cc1CCNC(=O)CCCN. The van der Waals surface area contributed by atoms with Crippen molar-refractivity contribution in [1.82, 2.24) is 5.32 Å². The minimum atomic E-state index is 0.0504. The van der Waals surface area contributed by atoms with Crippen LogP contribution in [-0.4, -0.2) is 26.1 Å². The number of amides is 1. The van der Waals surface area contributed by atoms with Crippen LogP contribution in [0.5, 0.6) is 5.75 Å². The predicted molar refractivity (Wildman–Crippen MR) is 75.7 cm³/mol. The molecule has 0 fully saturated rings. The zero-order chi connectivity index (χ0) is 13.4. The molecule has 0 aromatic heterocycles. The second-order valence-electron chi connectivity index (χ2n) is 3.95. The number of rotatable bonds is 7. The summed E-state index contributed by atoms with van der Waals surface area (Å²) in [5.74, 6) is 0.892. The number of nitrogens with one attached hydrogen (secondary N) is 1. The lowest BCUT2D eigenvalue weighted by atomic mass is 10.1. The largest absolute Gasteiger partial charge is 0.496 e. The molecule has 0 atom stereocenters. The smallest absolute Gasteiger partial charge is 0.220 e. The third-order valence-corrected chi connectivity index (χ3v) is 3.06. The molecule has 0 spiro atoms. The van der Waals surface area contributed by atoms with Crippen molar-refractivity contribution in [2.45, 2.75) is 19.3 Å². The summed E-state index contributed by atoms with van der Waals surface area (Å²) in [5, 5.41) is 2.87. The maximum absolute atomic E-state index is 11.4. The molecule has 0 unspecified atom stereocenters. The Kier molecular flexibility index (Phi) is 6.75. The zero-order valence-corrected chi connectivity index (χ0v) is 12.1. The van der Waals surface area contributed by atoms with E-state index in [4.69, 9.17) is 10.5 Å². The summed E-state index contributed by atoms with van der Waals surface area (Å²) in [6.07, 6.45) is 1.97. The van der Waals surface area contributed by atoms with Crippen LogP contribution in [-0.2, 0) is 11.2 Å². The lowest BCUT2D eigenvalue weighted by Gasteiger charge is -2.09. The summed E-state index contributed by atoms with van der Waals surface area (Å²) in [7, 11) is 1.65. The van der Waals surface area contributed by atoms with Crippen LogP contribution in [0.2, 0.25) is 0 Å². The minimum absolute atomic E-state index is 0.0504. The maximum Gasteiger partial charge on any atom is 0.220 e. The third kappa shape index (κ3) is 5.06. The van der Waals surface area contributed by atoms with E-state index >= 15 is 0 Å². The third-order valence-electron chi connectivity index (χ3n) is 2.57. The van der Waals surface area contributed by atoms with Crippen molar-refractivity contribution in [3.8, 4) is 5.75 Å². The molecule has 0 saturated heterocycles. The van der Waals surface area contributed by atoms with Crippen molar-refractivity contribution in [2.75, 3.05) is 20.2 Å². The van der Waals surface area contributed by atoms with Crippen LogP contribution in [0.4, 0.5) is 0 Å². The van der Waals surface area contributed by atoms with E-state index in [2.05, 4.69) is 21.2 Å². The Hall–Kier alpha value is -1.07. The zero-order valence-electron chi connectivity index (χ0n) is 10.5. The molecule has 1 rings (SSSR count). The van der Waals surface area contributed by atoms with Crippen LogP contribution in [0, 0.1) is 0 Å². The van der Waals surface area contributed by atoms with Gasteiger partial charge < -0.3 is 15.8 Å². The van der Waals surface area contributed by atoms with Crippen LogP contribution < -0.4 is 15.8 Å². The Morgan fingerprint density at radius 3 is 2.94 bits per heavy atom. The fourth-order valence-electron chi connectivity index (χ4n) is 1.63. The van der Waals surface area contributed by atoms with Crippen LogP contribution in [0.1, 0.15) is 18.4 Å². The van der Waals surface area contributed by atoms with Gasteiger partial charge in [0, 0.05) is 17.4 Å². The molecular weight excluding hydrogens is 296 g/mol. The van der Waals surface area contributed by atoms with E-state index in [1.54, 1.807) is 7.11 Å². The standard InChI is InChI=1S/C13H19BrN2O2/c1-18-12-5-4-11(14)9-10(12)6-8-16-13(17)3-2-7-15/h4-5,9H,2-3,6-8,15H2,1H3,(H,16,17). The van der Waals surface area contributed by atoms with Crippen LogP contribution in [0.3, 0.4) is 0 Å². The molecule has 100 valence electrons. The highest BCUT2D eigenvalue weighted by atomic mass is 79.9. The number of carbonyl (C=O) groups is 1. The molecule has 1 aromatic rings. The van der Waals surface area contributed by atoms with Gasteiger partial charge in [0.2, 0.25) is 5.91 Å². The van der Waals surface area contributed by atoms with E-state index in [1.807, 2.05) is 18.2 Å². The number of hydrogen-bond acceptors (Lipinski definition) is 3. The molecule has 4 nitrogen and oxygen atoms in total. The molecule has 0 aliphatic carbocycles. The van der Waals surface area contributed by atoms with Crippen molar-refractivity contribution in [2.24, 2.45) is 5.73 Å². The van der Waals surface area contributed by atoms with Gasteiger partial charge in [-0.1, -0.05) is 15.9 Å². The average Bonchev–Trinajstić information content (AvgIpc) is 2.36. The van der Waals surface area contributed by atoms with Crippen molar-refractivity contribution >= 4 is 21.8 Å². The Bertz CT molecular complexity index is 397. The molecule has 0 radical (unpaired) electrons. The summed E-state index contributed by atoms with van der Waals surface area (Å²) >= 11 is 3.42. The molecule has 3 N–H and O–H groups in total. The lowest BCUT2D eigenvalue weighted by Crippen LogP contribution is -2.26. The van der Waals surface area contributed by atoms with E-state index in [0.717, 1.165) is 28.6 Å². The molecule has 18 heavy (non-hydrogen) atoms. The molecule has 0 aliphatic rings. The van der Waals surface area contributed by atoms with E-state index in [1.165, 1.54) is 0 Å². The lowest BCUT2D eigenvalue weighted by molar-refractivity contribution is -0.121. The number of nitrogens with two attached hydrogens (primary N) is 1. The average molecular weight is 315 g/mol. The van der Waals surface area contributed by atoms with E-state index in [0.29, 0.717) is 19.5 Å². The highest BCUT2D eigenvalue weighted by Crippen LogP contribution is 2.23. The van der Waals surface area contributed by atoms with E-state index in [9.17, 15) is 4.79 Å². The van der Waals surface area contributed by atoms with Gasteiger partial charge in [-0.05, 0) is 43.1 Å². The molecule has 0 heterocycles. The highest BCUT2D eigenvalue weighted by Gasteiger charge is 2.05. The second-order valence-corrected chi connectivity index (χ2v) is 4.86. The summed E-state index contributed by atoms with van der Waals surface area (Å²) in [4.78, 5) is 11.4. The van der Waals surface area contributed by atoms with Crippen LogP contribution >= 0.6 is 15.9 Å². The van der Waals surface area contributed by atoms with Crippen molar-refractivity contribution in [1.29, 1.82) is 0 Å². The molecule has 0 bridgehead atoms. The van der Waals surface area contributed by atoms with Gasteiger partial charge in [0.05, 0.1) is 7.11 Å². The monoisotopic (exact) mass is 314 g/mol.